The first-order chi connectivity index (χ1) is 15.4. The van der Waals surface area contributed by atoms with Crippen molar-refractivity contribution in [2.75, 3.05) is 7.11 Å². The van der Waals surface area contributed by atoms with Crippen LogP contribution in [-0.2, 0) is 22.4 Å². The molecule has 0 atom stereocenters. The van der Waals surface area contributed by atoms with Crippen LogP contribution in [0.25, 0.3) is 10.2 Å². The standard InChI is InChI=1S/C25H20FNO4S/c1-15-3-8-21(26)17(9-15)11-18(28)10-16-4-6-19(7-5-16)31-20-12-23-22(27-14-20)13-24(32-23)25(29)30-2/h3-9,12-14H,10-11H2,1-2H3. The first kappa shape index (κ1) is 21.6. The van der Waals surface area contributed by atoms with Crippen LogP contribution in [0.2, 0.25) is 0 Å². The molecule has 162 valence electrons. The highest BCUT2D eigenvalue weighted by Gasteiger charge is 2.13. The molecule has 0 spiro atoms. The van der Waals surface area contributed by atoms with E-state index in [4.69, 9.17) is 9.47 Å². The predicted molar refractivity (Wildman–Crippen MR) is 121 cm³/mol. The first-order valence-corrected chi connectivity index (χ1v) is 10.7. The Morgan fingerprint density at radius 3 is 2.53 bits per heavy atom. The Balaban J connectivity index is 1.40. The van der Waals surface area contributed by atoms with Crippen LogP contribution in [0.5, 0.6) is 11.5 Å². The lowest BCUT2D eigenvalue weighted by Gasteiger charge is -2.07. The lowest BCUT2D eigenvalue weighted by molar-refractivity contribution is -0.117. The predicted octanol–water partition coefficient (Wildman–Crippen LogP) is 5.68. The molecule has 0 bridgehead atoms. The summed E-state index contributed by atoms with van der Waals surface area (Å²) in [5.41, 5.74) is 2.86. The minimum Gasteiger partial charge on any atom is -0.465 e. The zero-order valence-electron chi connectivity index (χ0n) is 17.6. The van der Waals surface area contributed by atoms with Gasteiger partial charge in [-0.1, -0.05) is 29.8 Å². The number of aryl methyl sites for hydroxylation is 1. The maximum absolute atomic E-state index is 13.9. The number of fused-ring (bicyclic) bond motifs is 1. The molecule has 7 heteroatoms. The Morgan fingerprint density at radius 1 is 1.00 bits per heavy atom. The summed E-state index contributed by atoms with van der Waals surface area (Å²) in [7, 11) is 1.34. The van der Waals surface area contributed by atoms with Gasteiger partial charge in [-0.2, -0.15) is 0 Å². The molecule has 4 rings (SSSR count). The summed E-state index contributed by atoms with van der Waals surface area (Å²) in [4.78, 5) is 28.9. The van der Waals surface area contributed by atoms with Crippen LogP contribution in [0, 0.1) is 12.7 Å². The van der Waals surface area contributed by atoms with Gasteiger partial charge < -0.3 is 9.47 Å². The van der Waals surface area contributed by atoms with E-state index in [0.717, 1.165) is 15.8 Å². The monoisotopic (exact) mass is 449 g/mol. The average Bonchev–Trinajstić information content (AvgIpc) is 3.20. The van der Waals surface area contributed by atoms with Gasteiger partial charge >= 0.3 is 5.97 Å². The molecule has 0 radical (unpaired) electrons. The number of carbonyl (C=O) groups excluding carboxylic acids is 2. The highest BCUT2D eigenvalue weighted by Crippen LogP contribution is 2.30. The van der Waals surface area contributed by atoms with Crippen molar-refractivity contribution in [3.63, 3.8) is 0 Å². The zero-order chi connectivity index (χ0) is 22.7. The topological polar surface area (TPSA) is 65.5 Å². The minimum atomic E-state index is -0.397. The number of halogens is 1. The van der Waals surface area contributed by atoms with E-state index in [1.807, 2.05) is 25.1 Å². The number of esters is 1. The fraction of sp³-hybridized carbons (Fsp3) is 0.160. The summed E-state index contributed by atoms with van der Waals surface area (Å²) in [5, 5.41) is 0. The summed E-state index contributed by atoms with van der Waals surface area (Å²) < 4.78 is 25.3. The summed E-state index contributed by atoms with van der Waals surface area (Å²) in [5.74, 6) is 0.316. The first-order valence-electron chi connectivity index (χ1n) is 9.92. The van der Waals surface area contributed by atoms with E-state index in [-0.39, 0.29) is 24.4 Å². The van der Waals surface area contributed by atoms with Crippen molar-refractivity contribution in [2.24, 2.45) is 0 Å². The number of hydrogen-bond acceptors (Lipinski definition) is 6. The molecular weight excluding hydrogens is 429 g/mol. The van der Waals surface area contributed by atoms with E-state index in [0.29, 0.717) is 27.5 Å². The third-order valence-electron chi connectivity index (χ3n) is 4.88. The fourth-order valence-electron chi connectivity index (χ4n) is 3.31. The Bertz CT molecular complexity index is 1300. The summed E-state index contributed by atoms with van der Waals surface area (Å²) in [6.07, 6.45) is 1.86. The van der Waals surface area contributed by atoms with Crippen LogP contribution >= 0.6 is 11.3 Å². The molecule has 0 amide bonds. The van der Waals surface area contributed by atoms with Crippen LogP contribution in [0.15, 0.2) is 60.8 Å². The molecule has 0 N–H and O–H groups in total. The number of nitrogens with zero attached hydrogens (tertiary/aromatic N) is 1. The molecule has 0 saturated carbocycles. The smallest absolute Gasteiger partial charge is 0.348 e. The number of rotatable bonds is 7. The molecule has 32 heavy (non-hydrogen) atoms. The van der Waals surface area contributed by atoms with Gasteiger partial charge in [0.25, 0.3) is 0 Å². The number of carbonyl (C=O) groups is 2. The number of methoxy groups -OCH3 is 1. The number of hydrogen-bond donors (Lipinski definition) is 0. The average molecular weight is 450 g/mol. The second-order valence-corrected chi connectivity index (χ2v) is 8.47. The summed E-state index contributed by atoms with van der Waals surface area (Å²) in [6, 6.07) is 15.4. The highest BCUT2D eigenvalue weighted by atomic mass is 32.1. The molecule has 2 heterocycles. The molecule has 5 nitrogen and oxygen atoms in total. The van der Waals surface area contributed by atoms with E-state index in [2.05, 4.69) is 4.98 Å². The Kier molecular flexibility index (Phi) is 6.28. The van der Waals surface area contributed by atoms with E-state index >= 15 is 0 Å². The number of ether oxygens (including phenoxy) is 2. The number of thiophene rings is 1. The minimum absolute atomic E-state index is 0.0584. The van der Waals surface area contributed by atoms with Crippen molar-refractivity contribution in [2.45, 2.75) is 19.8 Å². The quantitative estimate of drug-likeness (QED) is 0.340. The van der Waals surface area contributed by atoms with Gasteiger partial charge in [-0.25, -0.2) is 9.18 Å². The number of aromatic nitrogens is 1. The van der Waals surface area contributed by atoms with E-state index < -0.39 is 5.97 Å². The molecule has 0 aliphatic rings. The molecule has 2 aromatic carbocycles. The van der Waals surface area contributed by atoms with Gasteiger partial charge in [0.2, 0.25) is 0 Å². The zero-order valence-corrected chi connectivity index (χ0v) is 18.4. The second kappa shape index (κ2) is 9.28. The number of Topliss-reactive ketones (excluding diaryl/α,β-unsaturated/α-hetero) is 1. The van der Waals surface area contributed by atoms with Crippen molar-refractivity contribution >= 4 is 33.3 Å². The van der Waals surface area contributed by atoms with Crippen molar-refractivity contribution in [3.8, 4) is 11.5 Å². The fourth-order valence-corrected chi connectivity index (χ4v) is 4.27. The molecule has 4 aromatic rings. The molecule has 0 saturated heterocycles. The van der Waals surface area contributed by atoms with E-state index in [1.54, 1.807) is 36.5 Å². The van der Waals surface area contributed by atoms with Crippen molar-refractivity contribution in [3.05, 3.63) is 88.2 Å². The van der Waals surface area contributed by atoms with Gasteiger partial charge in [-0.15, -0.1) is 11.3 Å². The SMILES string of the molecule is COC(=O)c1cc2ncc(Oc3ccc(CC(=O)Cc4cc(C)ccc4F)cc3)cc2s1. The van der Waals surface area contributed by atoms with Gasteiger partial charge in [-0.05, 0) is 42.3 Å². The van der Waals surface area contributed by atoms with Gasteiger partial charge in [0.05, 0.1) is 23.5 Å². The normalized spacial score (nSPS) is 10.8. The lowest BCUT2D eigenvalue weighted by Crippen LogP contribution is -2.08. The lowest BCUT2D eigenvalue weighted by atomic mass is 10.0. The van der Waals surface area contributed by atoms with Gasteiger partial charge in [-0.3, -0.25) is 9.78 Å². The molecular formula is C25H20FNO4S. The summed E-state index contributed by atoms with van der Waals surface area (Å²) >= 11 is 1.29. The third kappa shape index (κ3) is 5.00. The molecule has 0 fully saturated rings. The maximum Gasteiger partial charge on any atom is 0.348 e. The molecule has 0 aliphatic heterocycles. The number of pyridine rings is 1. The van der Waals surface area contributed by atoms with Gasteiger partial charge in [0.1, 0.15) is 28.0 Å². The van der Waals surface area contributed by atoms with Crippen LogP contribution in [0.3, 0.4) is 0 Å². The molecule has 2 aromatic heterocycles. The van der Waals surface area contributed by atoms with E-state index in [9.17, 15) is 14.0 Å². The number of benzene rings is 2. The van der Waals surface area contributed by atoms with Crippen LogP contribution in [-0.4, -0.2) is 23.8 Å². The second-order valence-electron chi connectivity index (χ2n) is 7.39. The number of ketones is 1. The van der Waals surface area contributed by atoms with Gasteiger partial charge in [0.15, 0.2) is 0 Å². The van der Waals surface area contributed by atoms with Crippen LogP contribution in [0.1, 0.15) is 26.4 Å². The summed E-state index contributed by atoms with van der Waals surface area (Å²) in [6.45, 7) is 1.87. The Labute approximate surface area is 188 Å². The molecule has 0 aliphatic carbocycles. The third-order valence-corrected chi connectivity index (χ3v) is 5.93. The van der Waals surface area contributed by atoms with E-state index in [1.165, 1.54) is 24.5 Å². The highest BCUT2D eigenvalue weighted by molar-refractivity contribution is 7.20. The largest absolute Gasteiger partial charge is 0.465 e. The maximum atomic E-state index is 13.9. The Hall–Kier alpha value is -3.58. The Morgan fingerprint density at radius 2 is 1.78 bits per heavy atom. The van der Waals surface area contributed by atoms with Crippen molar-refractivity contribution < 1.29 is 23.5 Å². The van der Waals surface area contributed by atoms with Crippen LogP contribution in [0.4, 0.5) is 4.39 Å². The van der Waals surface area contributed by atoms with Crippen molar-refractivity contribution in [1.29, 1.82) is 0 Å². The van der Waals surface area contributed by atoms with Crippen molar-refractivity contribution in [1.82, 2.24) is 4.98 Å². The van der Waals surface area contributed by atoms with Crippen LogP contribution < -0.4 is 4.74 Å². The van der Waals surface area contributed by atoms with Gasteiger partial charge in [0, 0.05) is 18.9 Å². The molecule has 0 unspecified atom stereocenters.